The SMILES string of the molecule is c1ccc(-c2ccc(N(c3ccccc3)c3c(-c4ccc5c(c4)c4ccccc4n5-c4ccc(-c5ccccc5)cc4)ccc4c3-c3ccccc3C43c4ccccc4-c4ccccc43)cc2)cc1. The number of hydrogen-bond acceptors (Lipinski definition) is 1. The number of nitrogens with zero attached hydrogens (tertiary/aromatic N) is 2. The van der Waals surface area contributed by atoms with Gasteiger partial charge in [-0.1, -0.05) is 212 Å². The Bertz CT molecular complexity index is 3880. The Morgan fingerprint density at radius 1 is 0.290 bits per heavy atom. The minimum absolute atomic E-state index is 0.501. The first-order chi connectivity index (χ1) is 34.3. The summed E-state index contributed by atoms with van der Waals surface area (Å²) in [5.41, 5.74) is 23.9. The quantitative estimate of drug-likeness (QED) is 0.155. The Kier molecular flexibility index (Phi) is 8.84. The molecule has 0 saturated carbocycles. The number of hydrogen-bond donors (Lipinski definition) is 0. The van der Waals surface area contributed by atoms with Crippen LogP contribution in [-0.2, 0) is 5.41 Å². The second-order valence-electron chi connectivity index (χ2n) is 18.4. The van der Waals surface area contributed by atoms with E-state index in [0.29, 0.717) is 0 Å². The Morgan fingerprint density at radius 3 is 1.39 bits per heavy atom. The fourth-order valence-electron chi connectivity index (χ4n) is 11.9. The lowest BCUT2D eigenvalue weighted by atomic mass is 9.70. The highest BCUT2D eigenvalue weighted by Gasteiger charge is 2.52. The molecule has 0 N–H and O–H groups in total. The number of fused-ring (bicyclic) bond motifs is 13. The summed E-state index contributed by atoms with van der Waals surface area (Å²) in [5.74, 6) is 0. The van der Waals surface area contributed by atoms with E-state index in [9.17, 15) is 0 Å². The molecule has 0 radical (unpaired) electrons. The Morgan fingerprint density at radius 2 is 0.754 bits per heavy atom. The van der Waals surface area contributed by atoms with Crippen LogP contribution in [0.15, 0.2) is 267 Å². The number of anilines is 3. The van der Waals surface area contributed by atoms with Crippen molar-refractivity contribution in [2.45, 2.75) is 5.41 Å². The lowest BCUT2D eigenvalue weighted by molar-refractivity contribution is 0.794. The van der Waals surface area contributed by atoms with Gasteiger partial charge >= 0.3 is 0 Å². The normalized spacial score (nSPS) is 12.8. The summed E-state index contributed by atoms with van der Waals surface area (Å²) in [6, 6.07) is 98.6. The molecule has 2 nitrogen and oxygen atoms in total. The van der Waals surface area contributed by atoms with Gasteiger partial charge in [0.05, 0.1) is 22.1 Å². The number of benzene rings is 11. The minimum Gasteiger partial charge on any atom is -0.309 e. The Hall–Kier alpha value is -8.98. The molecule has 1 spiro atoms. The highest BCUT2D eigenvalue weighted by atomic mass is 15.1. The summed E-state index contributed by atoms with van der Waals surface area (Å²) in [5, 5.41) is 2.44. The molecule has 0 fully saturated rings. The van der Waals surface area contributed by atoms with E-state index >= 15 is 0 Å². The maximum absolute atomic E-state index is 2.52. The van der Waals surface area contributed by atoms with Crippen LogP contribution < -0.4 is 4.90 Å². The standard InChI is InChI=1S/C67H44N2/c1-4-18-45(19-5-1)47-32-37-51(38-33-47)68(50-22-8-3-9-23-50)66-53(41-42-62-65(66)57-27-12-16-30-61(57)67(62)59-28-14-10-24-54(59)55-25-11-15-29-60(55)67)49-36-43-64-58(44-49)56-26-13-17-31-63(56)69(64)52-39-34-48(35-40-52)46-20-6-2-7-21-46/h1-44H. The second-order valence-corrected chi connectivity index (χ2v) is 18.4. The van der Waals surface area contributed by atoms with Crippen LogP contribution in [0.2, 0.25) is 0 Å². The average Bonchev–Trinajstić information content (AvgIpc) is 4.04. The minimum atomic E-state index is -0.501. The van der Waals surface area contributed by atoms with Gasteiger partial charge in [0.2, 0.25) is 0 Å². The topological polar surface area (TPSA) is 8.17 Å². The predicted molar refractivity (Wildman–Crippen MR) is 288 cm³/mol. The maximum atomic E-state index is 2.52. The van der Waals surface area contributed by atoms with E-state index in [1.807, 2.05) is 0 Å². The third-order valence-electron chi connectivity index (χ3n) is 14.8. The van der Waals surface area contributed by atoms with Crippen molar-refractivity contribution in [3.05, 3.63) is 289 Å². The predicted octanol–water partition coefficient (Wildman–Crippen LogP) is 17.6. The third kappa shape index (κ3) is 5.86. The zero-order valence-corrected chi connectivity index (χ0v) is 37.8. The summed E-state index contributed by atoms with van der Waals surface area (Å²) in [6.07, 6.45) is 0. The fourth-order valence-corrected chi connectivity index (χ4v) is 11.9. The molecule has 11 aromatic carbocycles. The largest absolute Gasteiger partial charge is 0.309 e. The van der Waals surface area contributed by atoms with Crippen LogP contribution in [0.25, 0.3) is 83.1 Å². The van der Waals surface area contributed by atoms with Gasteiger partial charge in [-0.25, -0.2) is 0 Å². The van der Waals surface area contributed by atoms with E-state index in [0.717, 1.165) is 28.3 Å². The van der Waals surface area contributed by atoms with Crippen LogP contribution in [0.5, 0.6) is 0 Å². The Labute approximate surface area is 402 Å². The van der Waals surface area contributed by atoms with Crippen LogP contribution in [-0.4, -0.2) is 4.57 Å². The molecule has 0 bridgehead atoms. The van der Waals surface area contributed by atoms with Gasteiger partial charge in [-0.3, -0.25) is 0 Å². The first-order valence-corrected chi connectivity index (χ1v) is 23.9. The van der Waals surface area contributed by atoms with Crippen molar-refractivity contribution >= 4 is 38.9 Å². The van der Waals surface area contributed by atoms with E-state index in [4.69, 9.17) is 0 Å². The van der Waals surface area contributed by atoms with Crippen LogP contribution >= 0.6 is 0 Å². The first kappa shape index (κ1) is 39.2. The van der Waals surface area contributed by atoms with Crippen LogP contribution in [0.1, 0.15) is 22.3 Å². The fraction of sp³-hybridized carbons (Fsp3) is 0.0149. The van der Waals surface area contributed by atoms with Crippen molar-refractivity contribution in [1.29, 1.82) is 0 Å². The molecule has 322 valence electrons. The van der Waals surface area contributed by atoms with Gasteiger partial charge in [0, 0.05) is 39.0 Å². The van der Waals surface area contributed by atoms with Gasteiger partial charge in [0.25, 0.3) is 0 Å². The number of para-hydroxylation sites is 2. The first-order valence-electron chi connectivity index (χ1n) is 23.9. The average molecular weight is 877 g/mol. The molecule has 0 aliphatic heterocycles. The summed E-state index contributed by atoms with van der Waals surface area (Å²) in [7, 11) is 0. The summed E-state index contributed by atoms with van der Waals surface area (Å²) in [4.78, 5) is 2.52. The van der Waals surface area contributed by atoms with E-state index in [2.05, 4.69) is 276 Å². The summed E-state index contributed by atoms with van der Waals surface area (Å²) >= 11 is 0. The lowest BCUT2D eigenvalue weighted by Gasteiger charge is -2.33. The number of rotatable bonds is 7. The molecule has 2 aliphatic rings. The molecule has 0 atom stereocenters. The van der Waals surface area contributed by atoms with Crippen LogP contribution in [0.4, 0.5) is 17.1 Å². The third-order valence-corrected chi connectivity index (χ3v) is 14.8. The molecular weight excluding hydrogens is 833 g/mol. The van der Waals surface area contributed by atoms with Crippen molar-refractivity contribution in [3.8, 4) is 61.3 Å². The van der Waals surface area contributed by atoms with E-state index in [1.54, 1.807) is 0 Å². The van der Waals surface area contributed by atoms with Gasteiger partial charge in [0.15, 0.2) is 0 Å². The van der Waals surface area contributed by atoms with Crippen molar-refractivity contribution in [1.82, 2.24) is 4.57 Å². The molecule has 2 heteroatoms. The molecular formula is C67H44N2. The van der Waals surface area contributed by atoms with Gasteiger partial charge in [-0.2, -0.15) is 0 Å². The highest BCUT2D eigenvalue weighted by molar-refractivity contribution is 6.12. The lowest BCUT2D eigenvalue weighted by Crippen LogP contribution is -2.26. The zero-order chi connectivity index (χ0) is 45.5. The second kappa shape index (κ2) is 15.6. The van der Waals surface area contributed by atoms with Crippen molar-refractivity contribution in [2.24, 2.45) is 0 Å². The Balaban J connectivity index is 1.05. The van der Waals surface area contributed by atoms with Gasteiger partial charge in [0.1, 0.15) is 0 Å². The molecule has 1 aromatic heterocycles. The van der Waals surface area contributed by atoms with E-state index in [-0.39, 0.29) is 0 Å². The summed E-state index contributed by atoms with van der Waals surface area (Å²) < 4.78 is 2.42. The zero-order valence-electron chi connectivity index (χ0n) is 37.8. The molecule has 69 heavy (non-hydrogen) atoms. The molecule has 2 aliphatic carbocycles. The van der Waals surface area contributed by atoms with Gasteiger partial charge in [-0.05, 0) is 121 Å². The molecule has 12 aromatic rings. The smallest absolute Gasteiger partial charge is 0.0726 e. The van der Waals surface area contributed by atoms with Gasteiger partial charge < -0.3 is 9.47 Å². The van der Waals surface area contributed by atoms with E-state index < -0.39 is 5.41 Å². The highest BCUT2D eigenvalue weighted by Crippen LogP contribution is 2.65. The monoisotopic (exact) mass is 876 g/mol. The number of aromatic nitrogens is 1. The van der Waals surface area contributed by atoms with E-state index in [1.165, 1.54) is 94.1 Å². The van der Waals surface area contributed by atoms with Crippen molar-refractivity contribution in [2.75, 3.05) is 4.90 Å². The molecule has 0 unspecified atom stereocenters. The molecule has 1 heterocycles. The molecule has 0 amide bonds. The van der Waals surface area contributed by atoms with Crippen LogP contribution in [0.3, 0.4) is 0 Å². The van der Waals surface area contributed by atoms with Crippen molar-refractivity contribution < 1.29 is 0 Å². The maximum Gasteiger partial charge on any atom is 0.0726 e. The molecule has 14 rings (SSSR count). The molecule has 0 saturated heterocycles. The van der Waals surface area contributed by atoms with Crippen molar-refractivity contribution in [3.63, 3.8) is 0 Å². The summed E-state index contributed by atoms with van der Waals surface area (Å²) in [6.45, 7) is 0. The van der Waals surface area contributed by atoms with Gasteiger partial charge in [-0.15, -0.1) is 0 Å². The van der Waals surface area contributed by atoms with Crippen LogP contribution in [0, 0.1) is 0 Å².